The fourth-order valence-electron chi connectivity index (χ4n) is 4.24. The minimum absolute atomic E-state index is 0.129. The molecular formula is C22H35N5O3. The molecule has 2 aliphatic heterocycles. The lowest BCUT2D eigenvalue weighted by molar-refractivity contribution is -0.156. The van der Waals surface area contributed by atoms with Gasteiger partial charge in [0.1, 0.15) is 5.60 Å². The Bertz CT molecular complexity index is 728. The van der Waals surface area contributed by atoms with Crippen molar-refractivity contribution in [2.75, 3.05) is 50.7 Å². The van der Waals surface area contributed by atoms with E-state index in [0.29, 0.717) is 12.6 Å². The molecule has 3 rings (SSSR count). The summed E-state index contributed by atoms with van der Waals surface area (Å²) >= 11 is 0. The Morgan fingerprint density at radius 1 is 1.10 bits per heavy atom. The van der Waals surface area contributed by atoms with Gasteiger partial charge in [0.05, 0.1) is 6.54 Å². The standard InChI is InChI=1S/C22H35N5O3/c1-22(2,3)30-20(28)16-25-10-8-19(9-11-25)27-14-12-26(13-15-27)18-6-4-17(5-7-18)21(23)24-29/h4-7,19,29H,8-16H2,1-3H3,(H2,23,24). The van der Waals surface area contributed by atoms with Crippen molar-refractivity contribution in [3.05, 3.63) is 29.8 Å². The van der Waals surface area contributed by atoms with Crippen molar-refractivity contribution in [3.8, 4) is 0 Å². The molecule has 0 saturated carbocycles. The third-order valence-corrected chi connectivity index (χ3v) is 5.80. The Morgan fingerprint density at radius 3 is 2.23 bits per heavy atom. The third kappa shape index (κ3) is 6.09. The lowest BCUT2D eigenvalue weighted by Crippen LogP contribution is -2.53. The Balaban J connectivity index is 1.42. The van der Waals surface area contributed by atoms with Gasteiger partial charge in [-0.2, -0.15) is 0 Å². The smallest absolute Gasteiger partial charge is 0.320 e. The van der Waals surface area contributed by atoms with E-state index in [2.05, 4.69) is 19.9 Å². The number of oxime groups is 1. The normalized spacial score (nSPS) is 20.4. The number of piperazine rings is 1. The summed E-state index contributed by atoms with van der Waals surface area (Å²) in [6.07, 6.45) is 2.19. The van der Waals surface area contributed by atoms with E-state index < -0.39 is 5.60 Å². The van der Waals surface area contributed by atoms with Crippen LogP contribution in [0.15, 0.2) is 29.4 Å². The number of rotatable bonds is 5. The van der Waals surface area contributed by atoms with E-state index in [1.807, 2.05) is 45.0 Å². The molecule has 8 heteroatoms. The van der Waals surface area contributed by atoms with Crippen molar-refractivity contribution in [1.29, 1.82) is 0 Å². The maximum absolute atomic E-state index is 12.1. The zero-order valence-corrected chi connectivity index (χ0v) is 18.4. The molecule has 2 heterocycles. The number of carbonyl (C=O) groups excluding carboxylic acids is 1. The molecular weight excluding hydrogens is 382 g/mol. The number of nitrogens with two attached hydrogens (primary N) is 1. The highest BCUT2D eigenvalue weighted by molar-refractivity contribution is 5.97. The first-order valence-electron chi connectivity index (χ1n) is 10.8. The van der Waals surface area contributed by atoms with Gasteiger partial charge in [0.25, 0.3) is 0 Å². The van der Waals surface area contributed by atoms with Crippen LogP contribution in [0.2, 0.25) is 0 Å². The van der Waals surface area contributed by atoms with Crippen LogP contribution >= 0.6 is 0 Å². The molecule has 8 nitrogen and oxygen atoms in total. The van der Waals surface area contributed by atoms with Crippen molar-refractivity contribution in [3.63, 3.8) is 0 Å². The minimum atomic E-state index is -0.422. The summed E-state index contributed by atoms with van der Waals surface area (Å²) in [5.74, 6) is -0.00280. The topological polar surface area (TPSA) is 94.6 Å². The van der Waals surface area contributed by atoms with Crippen LogP contribution in [0.5, 0.6) is 0 Å². The third-order valence-electron chi connectivity index (χ3n) is 5.80. The number of piperidine rings is 1. The zero-order valence-electron chi connectivity index (χ0n) is 18.4. The summed E-state index contributed by atoms with van der Waals surface area (Å²) in [6.45, 7) is 12.1. The lowest BCUT2D eigenvalue weighted by Gasteiger charge is -2.43. The monoisotopic (exact) mass is 417 g/mol. The number of hydrogen-bond donors (Lipinski definition) is 2. The van der Waals surface area contributed by atoms with Crippen LogP contribution in [-0.2, 0) is 9.53 Å². The van der Waals surface area contributed by atoms with Gasteiger partial charge in [-0.15, -0.1) is 0 Å². The van der Waals surface area contributed by atoms with Crippen molar-refractivity contribution in [2.45, 2.75) is 45.3 Å². The molecule has 30 heavy (non-hydrogen) atoms. The molecule has 0 amide bonds. The van der Waals surface area contributed by atoms with Gasteiger partial charge in [0.15, 0.2) is 5.84 Å². The number of anilines is 1. The molecule has 0 aliphatic carbocycles. The van der Waals surface area contributed by atoms with Gasteiger partial charge in [-0.05, 0) is 57.9 Å². The maximum Gasteiger partial charge on any atom is 0.320 e. The number of ether oxygens (including phenoxy) is 1. The molecule has 1 aromatic carbocycles. The summed E-state index contributed by atoms with van der Waals surface area (Å²) in [7, 11) is 0. The van der Waals surface area contributed by atoms with E-state index >= 15 is 0 Å². The SMILES string of the molecule is CC(C)(C)OC(=O)CN1CCC(N2CCN(c3ccc(/C(N)=N\O)cc3)CC2)CC1. The van der Waals surface area contributed by atoms with Gasteiger partial charge < -0.3 is 20.6 Å². The maximum atomic E-state index is 12.1. The van der Waals surface area contributed by atoms with Gasteiger partial charge in [-0.3, -0.25) is 14.6 Å². The molecule has 2 fully saturated rings. The summed E-state index contributed by atoms with van der Waals surface area (Å²) < 4.78 is 5.44. The van der Waals surface area contributed by atoms with Crippen LogP contribution in [0.4, 0.5) is 5.69 Å². The molecule has 0 radical (unpaired) electrons. The van der Waals surface area contributed by atoms with E-state index in [1.165, 1.54) is 0 Å². The lowest BCUT2D eigenvalue weighted by atomic mass is 10.0. The van der Waals surface area contributed by atoms with Gasteiger partial charge >= 0.3 is 5.97 Å². The predicted octanol–water partition coefficient (Wildman–Crippen LogP) is 1.71. The second-order valence-electron chi connectivity index (χ2n) is 9.15. The van der Waals surface area contributed by atoms with Gasteiger partial charge in [-0.1, -0.05) is 5.16 Å². The summed E-state index contributed by atoms with van der Waals surface area (Å²) in [6, 6.07) is 8.41. The quantitative estimate of drug-likeness (QED) is 0.248. The second-order valence-corrected chi connectivity index (χ2v) is 9.15. The highest BCUT2D eigenvalue weighted by Gasteiger charge is 2.29. The van der Waals surface area contributed by atoms with Crippen molar-refractivity contribution >= 4 is 17.5 Å². The van der Waals surface area contributed by atoms with Crippen molar-refractivity contribution < 1.29 is 14.7 Å². The van der Waals surface area contributed by atoms with Crippen LogP contribution in [-0.4, -0.2) is 84.3 Å². The molecule has 3 N–H and O–H groups in total. The number of nitrogens with zero attached hydrogens (tertiary/aromatic N) is 4. The largest absolute Gasteiger partial charge is 0.459 e. The van der Waals surface area contributed by atoms with Crippen molar-refractivity contribution in [1.82, 2.24) is 9.80 Å². The number of amidine groups is 1. The average Bonchev–Trinajstić information content (AvgIpc) is 2.72. The molecule has 1 aromatic rings. The van der Waals surface area contributed by atoms with Crippen LogP contribution in [0, 0.1) is 0 Å². The number of likely N-dealkylation sites (tertiary alicyclic amines) is 1. The number of hydrogen-bond acceptors (Lipinski definition) is 7. The number of esters is 1. The summed E-state index contributed by atoms with van der Waals surface area (Å²) in [4.78, 5) is 19.2. The number of benzene rings is 1. The molecule has 0 spiro atoms. The van der Waals surface area contributed by atoms with E-state index in [4.69, 9.17) is 15.7 Å². The van der Waals surface area contributed by atoms with E-state index in [1.54, 1.807) is 0 Å². The highest BCUT2D eigenvalue weighted by atomic mass is 16.6. The molecule has 0 unspecified atom stereocenters. The van der Waals surface area contributed by atoms with E-state index in [0.717, 1.165) is 63.4 Å². The van der Waals surface area contributed by atoms with Crippen LogP contribution in [0.1, 0.15) is 39.2 Å². The van der Waals surface area contributed by atoms with E-state index in [9.17, 15) is 4.79 Å². The highest BCUT2D eigenvalue weighted by Crippen LogP contribution is 2.22. The Labute approximate surface area is 179 Å². The fraction of sp³-hybridized carbons (Fsp3) is 0.636. The molecule has 2 saturated heterocycles. The minimum Gasteiger partial charge on any atom is -0.459 e. The van der Waals surface area contributed by atoms with Crippen molar-refractivity contribution in [2.24, 2.45) is 10.9 Å². The first-order chi connectivity index (χ1) is 14.2. The summed E-state index contributed by atoms with van der Waals surface area (Å²) in [5.41, 5.74) is 7.10. The fourth-order valence-corrected chi connectivity index (χ4v) is 4.24. The van der Waals surface area contributed by atoms with Crippen LogP contribution in [0.25, 0.3) is 0 Å². The Hall–Kier alpha value is -2.32. The molecule has 0 aromatic heterocycles. The van der Waals surface area contributed by atoms with Gasteiger partial charge in [-0.25, -0.2) is 0 Å². The summed E-state index contributed by atoms with van der Waals surface area (Å²) in [5, 5.41) is 11.8. The second kappa shape index (κ2) is 9.66. The number of carbonyl (C=O) groups is 1. The molecule has 0 atom stereocenters. The first-order valence-corrected chi connectivity index (χ1v) is 10.8. The predicted molar refractivity (Wildman–Crippen MR) is 118 cm³/mol. The van der Waals surface area contributed by atoms with Crippen LogP contribution < -0.4 is 10.6 Å². The van der Waals surface area contributed by atoms with E-state index in [-0.39, 0.29) is 11.8 Å². The molecule has 0 bridgehead atoms. The first kappa shape index (κ1) is 22.4. The Morgan fingerprint density at radius 2 is 1.70 bits per heavy atom. The zero-order chi connectivity index (χ0) is 21.7. The molecule has 166 valence electrons. The van der Waals surface area contributed by atoms with Gasteiger partial charge in [0, 0.05) is 56.6 Å². The van der Waals surface area contributed by atoms with Crippen LogP contribution in [0.3, 0.4) is 0 Å². The molecule has 2 aliphatic rings. The van der Waals surface area contributed by atoms with Gasteiger partial charge in [0.2, 0.25) is 0 Å². The Kier molecular flexibility index (Phi) is 7.20. The average molecular weight is 418 g/mol.